The molecule has 0 unspecified atom stereocenters. The van der Waals surface area contributed by atoms with Crippen LogP contribution in [-0.2, 0) is 19.0 Å². The molecule has 1 heterocycles. The lowest BCUT2D eigenvalue weighted by Gasteiger charge is -2.16. The minimum Gasteiger partial charge on any atom is -0.462 e. The van der Waals surface area contributed by atoms with E-state index in [2.05, 4.69) is 6.92 Å². The van der Waals surface area contributed by atoms with Crippen LogP contribution in [-0.4, -0.2) is 69.1 Å². The van der Waals surface area contributed by atoms with E-state index in [1.54, 1.807) is 0 Å². The van der Waals surface area contributed by atoms with Crippen LogP contribution in [0.3, 0.4) is 0 Å². The van der Waals surface area contributed by atoms with Crippen molar-refractivity contribution in [1.82, 2.24) is 9.80 Å². The van der Waals surface area contributed by atoms with Gasteiger partial charge in [0.1, 0.15) is 13.2 Å². The zero-order chi connectivity index (χ0) is 14.6. The summed E-state index contributed by atoms with van der Waals surface area (Å²) in [5.74, 6) is -0.229. The molecule has 21 heavy (non-hydrogen) atoms. The summed E-state index contributed by atoms with van der Waals surface area (Å²) < 4.78 is 15.7. The number of esters is 1. The van der Waals surface area contributed by atoms with Crippen LogP contribution in [0.25, 0.3) is 0 Å². The highest BCUT2D eigenvalue weighted by Gasteiger charge is 2.13. The summed E-state index contributed by atoms with van der Waals surface area (Å²) >= 11 is 0. The van der Waals surface area contributed by atoms with E-state index in [0.29, 0.717) is 26.4 Å². The van der Waals surface area contributed by atoms with Gasteiger partial charge < -0.3 is 24.0 Å². The van der Waals surface area contributed by atoms with Gasteiger partial charge in [0, 0.05) is 26.1 Å². The fourth-order valence-electron chi connectivity index (χ4n) is 1.69. The van der Waals surface area contributed by atoms with Crippen molar-refractivity contribution >= 4 is 23.0 Å². The maximum atomic E-state index is 11.5. The summed E-state index contributed by atoms with van der Waals surface area (Å²) in [4.78, 5) is 15.4. The third-order valence-electron chi connectivity index (χ3n) is 2.77. The number of hydrogen-bond donors (Lipinski definition) is 0. The summed E-state index contributed by atoms with van der Waals surface area (Å²) in [6.07, 6.45) is 6.02. The molecular formula is C14H27BrN2O4. The number of unbranched alkanes of at least 4 members (excludes halogenated alkanes) is 1. The van der Waals surface area contributed by atoms with Crippen molar-refractivity contribution in [2.75, 3.05) is 53.3 Å². The zero-order valence-electron chi connectivity index (χ0n) is 13.0. The first-order valence-electron chi connectivity index (χ1n) is 7.16. The number of carbonyl (C=O) groups is 1. The van der Waals surface area contributed by atoms with E-state index in [1.807, 2.05) is 29.2 Å². The first-order chi connectivity index (χ1) is 9.72. The van der Waals surface area contributed by atoms with Gasteiger partial charge in [-0.2, -0.15) is 0 Å². The molecule has 7 heteroatoms. The highest BCUT2D eigenvalue weighted by molar-refractivity contribution is 8.93. The van der Waals surface area contributed by atoms with Gasteiger partial charge in [-0.05, 0) is 6.42 Å². The van der Waals surface area contributed by atoms with Gasteiger partial charge in [-0.1, -0.05) is 13.3 Å². The lowest BCUT2D eigenvalue weighted by atomic mass is 10.4. The quantitative estimate of drug-likeness (QED) is 0.409. The highest BCUT2D eigenvalue weighted by Crippen LogP contribution is 2.02. The second kappa shape index (κ2) is 12.9. The Morgan fingerprint density at radius 3 is 2.38 bits per heavy atom. The second-order valence-electron chi connectivity index (χ2n) is 4.74. The van der Waals surface area contributed by atoms with E-state index >= 15 is 0 Å². The minimum atomic E-state index is -0.229. The zero-order valence-corrected chi connectivity index (χ0v) is 14.7. The second-order valence-corrected chi connectivity index (χ2v) is 4.74. The van der Waals surface area contributed by atoms with Crippen molar-refractivity contribution in [3.05, 3.63) is 12.4 Å². The maximum absolute atomic E-state index is 11.5. The predicted octanol–water partition coefficient (Wildman–Crippen LogP) is 1.62. The molecule has 1 aliphatic rings. The van der Waals surface area contributed by atoms with Crippen molar-refractivity contribution in [2.45, 2.75) is 19.8 Å². The van der Waals surface area contributed by atoms with Gasteiger partial charge in [0.05, 0.1) is 26.5 Å². The molecule has 0 aromatic rings. The van der Waals surface area contributed by atoms with E-state index in [4.69, 9.17) is 14.2 Å². The SMILES string of the molecule is Br.CCCCOCCOCCOC(=O)CN1C=CN(C)C1. The molecule has 0 aromatic heterocycles. The van der Waals surface area contributed by atoms with Crippen LogP contribution in [0.4, 0.5) is 0 Å². The van der Waals surface area contributed by atoms with Crippen LogP contribution in [0.5, 0.6) is 0 Å². The van der Waals surface area contributed by atoms with Gasteiger partial charge in [-0.3, -0.25) is 4.79 Å². The number of rotatable bonds is 11. The summed E-state index contributed by atoms with van der Waals surface area (Å²) in [5, 5.41) is 0. The molecule has 0 N–H and O–H groups in total. The van der Waals surface area contributed by atoms with Crippen LogP contribution in [0.1, 0.15) is 19.8 Å². The third-order valence-corrected chi connectivity index (χ3v) is 2.77. The topological polar surface area (TPSA) is 51.2 Å². The summed E-state index contributed by atoms with van der Waals surface area (Å²) in [5.41, 5.74) is 0. The third kappa shape index (κ3) is 10.6. The van der Waals surface area contributed by atoms with Gasteiger partial charge >= 0.3 is 5.97 Å². The van der Waals surface area contributed by atoms with Gasteiger partial charge in [0.25, 0.3) is 0 Å². The normalized spacial score (nSPS) is 13.4. The van der Waals surface area contributed by atoms with Crippen molar-refractivity contribution in [3.8, 4) is 0 Å². The minimum absolute atomic E-state index is 0. The maximum Gasteiger partial charge on any atom is 0.325 e. The van der Waals surface area contributed by atoms with Crippen LogP contribution in [0.2, 0.25) is 0 Å². The van der Waals surface area contributed by atoms with Gasteiger partial charge in [-0.15, -0.1) is 17.0 Å². The Bertz CT molecular complexity index is 303. The number of hydrogen-bond acceptors (Lipinski definition) is 6. The Morgan fingerprint density at radius 2 is 1.76 bits per heavy atom. The van der Waals surface area contributed by atoms with Crippen molar-refractivity contribution in [3.63, 3.8) is 0 Å². The van der Waals surface area contributed by atoms with E-state index in [0.717, 1.165) is 26.1 Å². The largest absolute Gasteiger partial charge is 0.462 e. The average Bonchev–Trinajstić information content (AvgIpc) is 2.82. The molecule has 1 aliphatic heterocycles. The molecule has 1 rings (SSSR count). The van der Waals surface area contributed by atoms with Crippen LogP contribution in [0.15, 0.2) is 12.4 Å². The molecule has 6 nitrogen and oxygen atoms in total. The molecule has 0 aliphatic carbocycles. The lowest BCUT2D eigenvalue weighted by Crippen LogP contribution is -2.29. The van der Waals surface area contributed by atoms with Gasteiger partial charge in [0.2, 0.25) is 0 Å². The average molecular weight is 367 g/mol. The number of carbonyl (C=O) groups excluding carboxylic acids is 1. The molecule has 0 saturated carbocycles. The summed E-state index contributed by atoms with van der Waals surface area (Å²) in [6, 6.07) is 0. The molecule has 0 atom stereocenters. The molecule has 0 bridgehead atoms. The molecular weight excluding hydrogens is 340 g/mol. The summed E-state index contributed by atoms with van der Waals surface area (Å²) in [7, 11) is 1.96. The molecule has 0 saturated heterocycles. The smallest absolute Gasteiger partial charge is 0.325 e. The van der Waals surface area contributed by atoms with E-state index in [-0.39, 0.29) is 29.5 Å². The van der Waals surface area contributed by atoms with Gasteiger partial charge in [-0.25, -0.2) is 0 Å². The molecule has 124 valence electrons. The molecule has 0 amide bonds. The Labute approximate surface area is 137 Å². The number of halogens is 1. The number of ether oxygens (including phenoxy) is 3. The Kier molecular flexibility index (Phi) is 12.4. The first-order valence-corrected chi connectivity index (χ1v) is 7.16. The van der Waals surface area contributed by atoms with Crippen LogP contribution < -0.4 is 0 Å². The van der Waals surface area contributed by atoms with Crippen molar-refractivity contribution in [1.29, 1.82) is 0 Å². The van der Waals surface area contributed by atoms with E-state index < -0.39 is 0 Å². The fourth-order valence-corrected chi connectivity index (χ4v) is 1.69. The van der Waals surface area contributed by atoms with Crippen molar-refractivity contribution < 1.29 is 19.0 Å². The lowest BCUT2D eigenvalue weighted by molar-refractivity contribution is -0.146. The standard InChI is InChI=1S/C14H26N2O4.BrH/c1-3-4-7-18-8-9-19-10-11-20-14(17)12-16-6-5-15(2)13-16;/h5-6H,3-4,7-13H2,1-2H3;1H. The first kappa shape index (κ1) is 20.2. The van der Waals surface area contributed by atoms with E-state index in [9.17, 15) is 4.79 Å². The van der Waals surface area contributed by atoms with E-state index in [1.165, 1.54) is 0 Å². The highest BCUT2D eigenvalue weighted by atomic mass is 79.9. The Balaban J connectivity index is 0.00000400. The summed E-state index contributed by atoms with van der Waals surface area (Å²) in [6.45, 7) is 5.76. The fraction of sp³-hybridized carbons (Fsp3) is 0.786. The Morgan fingerprint density at radius 1 is 1.10 bits per heavy atom. The Hall–Kier alpha value is -0.790. The molecule has 0 radical (unpaired) electrons. The molecule has 0 aromatic carbocycles. The molecule has 0 fully saturated rings. The van der Waals surface area contributed by atoms with Gasteiger partial charge in [0.15, 0.2) is 0 Å². The molecule has 0 spiro atoms. The van der Waals surface area contributed by atoms with Crippen LogP contribution >= 0.6 is 17.0 Å². The number of nitrogens with zero attached hydrogens (tertiary/aromatic N) is 2. The monoisotopic (exact) mass is 366 g/mol. The van der Waals surface area contributed by atoms with Crippen molar-refractivity contribution in [2.24, 2.45) is 0 Å². The predicted molar refractivity (Wildman–Crippen MR) is 86.3 cm³/mol. The van der Waals surface area contributed by atoms with Crippen LogP contribution in [0, 0.1) is 0 Å².